The number of carbonyl (C=O) groups excluding carboxylic acids is 2. The first-order valence-corrected chi connectivity index (χ1v) is 8.16. The molecule has 6 nitrogen and oxygen atoms in total. The van der Waals surface area contributed by atoms with E-state index in [9.17, 15) is 9.59 Å². The third kappa shape index (κ3) is 2.90. The van der Waals surface area contributed by atoms with Gasteiger partial charge in [0.05, 0.1) is 18.7 Å². The lowest BCUT2D eigenvalue weighted by atomic mass is 9.81. The highest BCUT2D eigenvalue weighted by molar-refractivity contribution is 5.96. The van der Waals surface area contributed by atoms with Crippen LogP contribution in [0.5, 0.6) is 5.88 Å². The summed E-state index contributed by atoms with van der Waals surface area (Å²) in [7, 11) is 1.52. The van der Waals surface area contributed by atoms with E-state index in [0.717, 1.165) is 25.7 Å². The number of hydrogen-bond donors (Lipinski definition) is 1. The van der Waals surface area contributed by atoms with Crippen molar-refractivity contribution in [2.75, 3.05) is 13.7 Å². The SMILES string of the molecule is COc1ncccc1C(=O)N1CCC[C@]2(C)NC(=O)CCC[C@H]12. The summed E-state index contributed by atoms with van der Waals surface area (Å²) >= 11 is 0. The summed E-state index contributed by atoms with van der Waals surface area (Å²) in [6.07, 6.45) is 5.56. The predicted octanol–water partition coefficient (Wildman–Crippen LogP) is 1.75. The highest BCUT2D eigenvalue weighted by atomic mass is 16.5. The Morgan fingerprint density at radius 2 is 2.30 bits per heavy atom. The average Bonchev–Trinajstić information content (AvgIpc) is 2.70. The summed E-state index contributed by atoms with van der Waals surface area (Å²) in [6, 6.07) is 3.50. The van der Waals surface area contributed by atoms with Crippen LogP contribution >= 0.6 is 0 Å². The van der Waals surface area contributed by atoms with Gasteiger partial charge in [-0.25, -0.2) is 4.98 Å². The molecule has 23 heavy (non-hydrogen) atoms. The molecule has 0 bridgehead atoms. The molecule has 2 fully saturated rings. The molecule has 0 unspecified atom stereocenters. The Bertz CT molecular complexity index is 619. The lowest BCUT2D eigenvalue weighted by molar-refractivity contribution is -0.123. The van der Waals surface area contributed by atoms with E-state index in [1.165, 1.54) is 7.11 Å². The summed E-state index contributed by atoms with van der Waals surface area (Å²) in [5.41, 5.74) is 0.131. The van der Waals surface area contributed by atoms with E-state index in [-0.39, 0.29) is 23.4 Å². The number of fused-ring (bicyclic) bond motifs is 1. The number of piperidine rings is 1. The van der Waals surface area contributed by atoms with Gasteiger partial charge < -0.3 is 15.0 Å². The number of rotatable bonds is 2. The number of amides is 2. The van der Waals surface area contributed by atoms with E-state index in [2.05, 4.69) is 17.2 Å². The summed E-state index contributed by atoms with van der Waals surface area (Å²) in [5, 5.41) is 3.14. The number of ether oxygens (including phenoxy) is 1. The highest BCUT2D eigenvalue weighted by Gasteiger charge is 2.45. The van der Waals surface area contributed by atoms with Crippen LogP contribution in [0.25, 0.3) is 0 Å². The smallest absolute Gasteiger partial charge is 0.259 e. The van der Waals surface area contributed by atoms with E-state index in [1.807, 2.05) is 4.90 Å². The molecule has 0 radical (unpaired) electrons. The van der Waals surface area contributed by atoms with Crippen LogP contribution in [-0.4, -0.2) is 46.9 Å². The first-order chi connectivity index (χ1) is 11.0. The molecule has 1 aromatic heterocycles. The number of nitrogens with zero attached hydrogens (tertiary/aromatic N) is 2. The van der Waals surface area contributed by atoms with E-state index < -0.39 is 0 Å². The zero-order valence-electron chi connectivity index (χ0n) is 13.7. The summed E-state index contributed by atoms with van der Waals surface area (Å²) in [5.74, 6) is 0.368. The van der Waals surface area contributed by atoms with Gasteiger partial charge in [0.25, 0.3) is 5.91 Å². The molecule has 0 aliphatic carbocycles. The van der Waals surface area contributed by atoms with Gasteiger partial charge in [-0.2, -0.15) is 0 Å². The van der Waals surface area contributed by atoms with E-state index in [4.69, 9.17) is 4.74 Å². The van der Waals surface area contributed by atoms with Crippen LogP contribution in [0.15, 0.2) is 18.3 Å². The molecule has 2 aliphatic rings. The molecule has 2 amide bonds. The van der Waals surface area contributed by atoms with E-state index >= 15 is 0 Å². The fraction of sp³-hybridized carbons (Fsp3) is 0.588. The first-order valence-electron chi connectivity index (χ1n) is 8.16. The van der Waals surface area contributed by atoms with Gasteiger partial charge in [-0.1, -0.05) is 0 Å². The van der Waals surface area contributed by atoms with E-state index in [0.29, 0.717) is 24.4 Å². The summed E-state index contributed by atoms with van der Waals surface area (Å²) in [4.78, 5) is 31.0. The standard InChI is InChI=1S/C17H23N3O3/c1-17-9-5-11-20(13(17)7-3-8-14(21)19-17)16(22)12-6-4-10-18-15(12)23-2/h4,6,10,13H,3,5,7-9,11H2,1-2H3,(H,19,21)/t13-,17-/m0/s1. The molecule has 6 heteroatoms. The second kappa shape index (κ2) is 6.18. The van der Waals surface area contributed by atoms with Crippen molar-refractivity contribution in [2.45, 2.75) is 50.6 Å². The van der Waals surface area contributed by atoms with Crippen LogP contribution in [0, 0.1) is 0 Å². The second-order valence-corrected chi connectivity index (χ2v) is 6.54. The number of aromatic nitrogens is 1. The van der Waals surface area contributed by atoms with Gasteiger partial charge in [0, 0.05) is 19.2 Å². The third-order valence-corrected chi connectivity index (χ3v) is 4.97. The third-order valence-electron chi connectivity index (χ3n) is 4.97. The van der Waals surface area contributed by atoms with Crippen molar-refractivity contribution in [1.29, 1.82) is 0 Å². The molecule has 124 valence electrons. The monoisotopic (exact) mass is 317 g/mol. The van der Waals surface area contributed by atoms with Gasteiger partial charge in [0.2, 0.25) is 11.8 Å². The molecule has 1 aromatic rings. The van der Waals surface area contributed by atoms with Crippen LogP contribution < -0.4 is 10.1 Å². The fourth-order valence-corrected chi connectivity index (χ4v) is 3.85. The Hall–Kier alpha value is -2.11. The number of likely N-dealkylation sites (tertiary alicyclic amines) is 1. The molecule has 2 saturated heterocycles. The molecule has 0 aromatic carbocycles. The topological polar surface area (TPSA) is 71.5 Å². The maximum absolute atomic E-state index is 13.1. The predicted molar refractivity (Wildman–Crippen MR) is 85.2 cm³/mol. The van der Waals surface area contributed by atoms with E-state index in [1.54, 1.807) is 18.3 Å². The van der Waals surface area contributed by atoms with Crippen LogP contribution in [0.3, 0.4) is 0 Å². The summed E-state index contributed by atoms with van der Waals surface area (Å²) in [6.45, 7) is 2.76. The number of nitrogens with one attached hydrogen (secondary N) is 1. The minimum absolute atomic E-state index is 0.0140. The van der Waals surface area contributed by atoms with Gasteiger partial charge in [0.15, 0.2) is 0 Å². The molecular formula is C17H23N3O3. The van der Waals surface area contributed by atoms with Crippen LogP contribution in [0.4, 0.5) is 0 Å². The Morgan fingerprint density at radius 3 is 3.09 bits per heavy atom. The second-order valence-electron chi connectivity index (χ2n) is 6.54. The van der Waals surface area contributed by atoms with Gasteiger partial charge in [0.1, 0.15) is 5.56 Å². The van der Waals surface area contributed by atoms with Crippen LogP contribution in [-0.2, 0) is 4.79 Å². The van der Waals surface area contributed by atoms with Gasteiger partial charge in [-0.3, -0.25) is 9.59 Å². The molecule has 3 rings (SSSR count). The molecule has 0 spiro atoms. The number of methoxy groups -OCH3 is 1. The molecule has 3 heterocycles. The van der Waals surface area contributed by atoms with Crippen molar-refractivity contribution >= 4 is 11.8 Å². The van der Waals surface area contributed by atoms with Gasteiger partial charge in [-0.05, 0) is 44.7 Å². The lowest BCUT2D eigenvalue weighted by Crippen LogP contribution is -2.63. The van der Waals surface area contributed by atoms with Crippen molar-refractivity contribution in [2.24, 2.45) is 0 Å². The largest absolute Gasteiger partial charge is 0.480 e. The normalized spacial score (nSPS) is 27.7. The van der Waals surface area contributed by atoms with Gasteiger partial charge in [-0.15, -0.1) is 0 Å². The lowest BCUT2D eigenvalue weighted by Gasteiger charge is -2.47. The minimum Gasteiger partial charge on any atom is -0.480 e. The zero-order valence-corrected chi connectivity index (χ0v) is 13.7. The van der Waals surface area contributed by atoms with Crippen molar-refractivity contribution in [3.8, 4) is 5.88 Å². The van der Waals surface area contributed by atoms with Crippen molar-refractivity contribution in [3.63, 3.8) is 0 Å². The molecule has 2 atom stereocenters. The first kappa shape index (κ1) is 15.8. The van der Waals surface area contributed by atoms with Crippen molar-refractivity contribution < 1.29 is 14.3 Å². The Balaban J connectivity index is 1.92. The minimum atomic E-state index is -0.350. The van der Waals surface area contributed by atoms with Crippen molar-refractivity contribution in [1.82, 2.24) is 15.2 Å². The fourth-order valence-electron chi connectivity index (χ4n) is 3.85. The Labute approximate surface area is 136 Å². The summed E-state index contributed by atoms with van der Waals surface area (Å²) < 4.78 is 5.23. The van der Waals surface area contributed by atoms with Crippen LogP contribution in [0.1, 0.15) is 49.4 Å². The number of carbonyl (C=O) groups is 2. The maximum Gasteiger partial charge on any atom is 0.259 e. The highest BCUT2D eigenvalue weighted by Crippen LogP contribution is 2.34. The van der Waals surface area contributed by atoms with Crippen LogP contribution in [0.2, 0.25) is 0 Å². The number of hydrogen-bond acceptors (Lipinski definition) is 4. The Morgan fingerprint density at radius 1 is 1.48 bits per heavy atom. The molecule has 1 N–H and O–H groups in total. The molecular weight excluding hydrogens is 294 g/mol. The van der Waals surface area contributed by atoms with Gasteiger partial charge >= 0.3 is 0 Å². The Kier molecular flexibility index (Phi) is 4.24. The van der Waals surface area contributed by atoms with Crippen molar-refractivity contribution in [3.05, 3.63) is 23.9 Å². The average molecular weight is 317 g/mol. The zero-order chi connectivity index (χ0) is 16.4. The quantitative estimate of drug-likeness (QED) is 0.902. The molecule has 0 saturated carbocycles. The maximum atomic E-state index is 13.1. The molecule has 2 aliphatic heterocycles. The number of pyridine rings is 1.